The molecule has 12 nitrogen and oxygen atoms in total. The summed E-state index contributed by atoms with van der Waals surface area (Å²) in [4.78, 5) is 55.3. The predicted molar refractivity (Wildman–Crippen MR) is 156 cm³/mol. The van der Waals surface area contributed by atoms with E-state index in [2.05, 4.69) is 20.9 Å². The molecule has 0 saturated carbocycles. The Kier molecular flexibility index (Phi) is 13.3. The van der Waals surface area contributed by atoms with Crippen LogP contribution in [0.4, 0.5) is 0 Å². The molecule has 222 valence electrons. The van der Waals surface area contributed by atoms with Crippen molar-refractivity contribution in [2.24, 2.45) is 28.1 Å². The normalized spacial score (nSPS) is 13.8. The van der Waals surface area contributed by atoms with E-state index in [-0.39, 0.29) is 24.7 Å². The molecule has 2 rings (SSSR count). The number of aliphatic imine (C=N–C) groups is 1. The molecule has 0 aromatic heterocycles. The van der Waals surface area contributed by atoms with E-state index in [1.165, 1.54) is 0 Å². The van der Waals surface area contributed by atoms with Gasteiger partial charge in [-0.05, 0) is 29.9 Å². The fourth-order valence-electron chi connectivity index (χ4n) is 4.09. The molecule has 0 fully saturated rings. The van der Waals surface area contributed by atoms with Gasteiger partial charge in [0.25, 0.3) is 0 Å². The summed E-state index contributed by atoms with van der Waals surface area (Å²) in [5.74, 6) is -3.36. The second-order valence-electron chi connectivity index (χ2n) is 10.1. The maximum Gasteiger partial charge on any atom is 0.326 e. The van der Waals surface area contributed by atoms with Crippen molar-refractivity contribution in [2.75, 3.05) is 6.54 Å². The standard InChI is InChI=1S/C29H41N7O5/c1-18(2)24(36-25(37)21(30)14-9-15-33-29(31)32)27(39)34-22(16-19-10-5-3-6-11-19)26(38)35-23(28(40)41)17-20-12-7-4-8-13-20/h3-8,10-13,18,21-24H,9,14-17,30H2,1-2H3,(H,34,39)(H,35,38)(H,36,37)(H,40,41)(H4,31,32,33). The summed E-state index contributed by atoms with van der Waals surface area (Å²) in [6.07, 6.45) is 0.947. The Hall–Kier alpha value is -4.45. The highest BCUT2D eigenvalue weighted by atomic mass is 16.4. The number of hydrogen-bond acceptors (Lipinski definition) is 6. The number of aliphatic carboxylic acids is 1. The van der Waals surface area contributed by atoms with Crippen LogP contribution < -0.4 is 33.2 Å². The van der Waals surface area contributed by atoms with Crippen LogP contribution in [-0.4, -0.2) is 65.5 Å². The maximum absolute atomic E-state index is 13.4. The van der Waals surface area contributed by atoms with Crippen LogP contribution in [0.3, 0.4) is 0 Å². The van der Waals surface area contributed by atoms with Crippen LogP contribution >= 0.6 is 0 Å². The van der Waals surface area contributed by atoms with Crippen LogP contribution in [0, 0.1) is 5.92 Å². The minimum absolute atomic E-state index is 0.0524. The van der Waals surface area contributed by atoms with Crippen LogP contribution in [-0.2, 0) is 32.0 Å². The van der Waals surface area contributed by atoms with Gasteiger partial charge in [-0.15, -0.1) is 0 Å². The summed E-state index contributed by atoms with van der Waals surface area (Å²) in [7, 11) is 0. The topological polar surface area (TPSA) is 215 Å². The Balaban J connectivity index is 2.16. The van der Waals surface area contributed by atoms with Gasteiger partial charge in [-0.2, -0.15) is 0 Å². The first kappa shape index (κ1) is 32.8. The lowest BCUT2D eigenvalue weighted by Crippen LogP contribution is -2.59. The second kappa shape index (κ2) is 16.6. The van der Waals surface area contributed by atoms with Crippen molar-refractivity contribution in [3.8, 4) is 0 Å². The molecule has 2 aromatic rings. The maximum atomic E-state index is 13.4. The highest BCUT2D eigenvalue weighted by molar-refractivity contribution is 5.94. The Morgan fingerprint density at radius 3 is 1.78 bits per heavy atom. The Morgan fingerprint density at radius 2 is 1.29 bits per heavy atom. The molecule has 10 N–H and O–H groups in total. The van der Waals surface area contributed by atoms with Gasteiger partial charge in [0, 0.05) is 19.4 Å². The average Bonchev–Trinajstić information content (AvgIpc) is 2.93. The number of nitrogens with zero attached hydrogens (tertiary/aromatic N) is 1. The monoisotopic (exact) mass is 567 g/mol. The number of nitrogens with one attached hydrogen (secondary N) is 3. The molecule has 0 aliphatic heterocycles. The largest absolute Gasteiger partial charge is 0.480 e. The average molecular weight is 568 g/mol. The van der Waals surface area contributed by atoms with Gasteiger partial charge in [0.1, 0.15) is 18.1 Å². The van der Waals surface area contributed by atoms with E-state index in [4.69, 9.17) is 17.2 Å². The van der Waals surface area contributed by atoms with Crippen molar-refractivity contribution >= 4 is 29.7 Å². The zero-order valence-electron chi connectivity index (χ0n) is 23.5. The van der Waals surface area contributed by atoms with Crippen LogP contribution in [0.5, 0.6) is 0 Å². The van der Waals surface area contributed by atoms with E-state index >= 15 is 0 Å². The summed E-state index contributed by atoms with van der Waals surface area (Å²) in [5, 5.41) is 17.7. The van der Waals surface area contributed by atoms with Gasteiger partial charge in [0.15, 0.2) is 5.96 Å². The number of carboxylic acid groups (broad SMARTS) is 1. The fraction of sp³-hybridized carbons (Fsp3) is 0.414. The van der Waals surface area contributed by atoms with E-state index in [0.717, 1.165) is 11.1 Å². The lowest BCUT2D eigenvalue weighted by atomic mass is 9.99. The number of carbonyl (C=O) groups excluding carboxylic acids is 3. The lowest BCUT2D eigenvalue weighted by molar-refractivity contribution is -0.142. The van der Waals surface area contributed by atoms with E-state index in [1.807, 2.05) is 12.1 Å². The number of carboxylic acids is 1. The first-order valence-electron chi connectivity index (χ1n) is 13.5. The Morgan fingerprint density at radius 1 is 0.780 bits per heavy atom. The minimum Gasteiger partial charge on any atom is -0.480 e. The number of amides is 3. The first-order valence-corrected chi connectivity index (χ1v) is 13.5. The number of nitrogens with two attached hydrogens (primary N) is 3. The third-order valence-corrected chi connectivity index (χ3v) is 6.36. The third kappa shape index (κ3) is 11.7. The van der Waals surface area contributed by atoms with E-state index in [1.54, 1.807) is 62.4 Å². The summed E-state index contributed by atoms with van der Waals surface area (Å²) >= 11 is 0. The van der Waals surface area contributed by atoms with Gasteiger partial charge < -0.3 is 38.3 Å². The SMILES string of the molecule is CC(C)C(NC(=O)C(N)CCCN=C(N)N)C(=O)NC(Cc1ccccc1)C(=O)NC(Cc1ccccc1)C(=O)O. The summed E-state index contributed by atoms with van der Waals surface area (Å²) in [5.41, 5.74) is 18.1. The second-order valence-corrected chi connectivity index (χ2v) is 10.1. The van der Waals surface area contributed by atoms with Crippen LogP contribution in [0.15, 0.2) is 65.7 Å². The van der Waals surface area contributed by atoms with Gasteiger partial charge in [0.2, 0.25) is 17.7 Å². The van der Waals surface area contributed by atoms with Crippen molar-refractivity contribution in [3.05, 3.63) is 71.8 Å². The van der Waals surface area contributed by atoms with Gasteiger partial charge in [-0.1, -0.05) is 74.5 Å². The minimum atomic E-state index is -1.21. The van der Waals surface area contributed by atoms with Gasteiger partial charge in [0.05, 0.1) is 6.04 Å². The van der Waals surface area contributed by atoms with E-state index in [9.17, 15) is 24.3 Å². The van der Waals surface area contributed by atoms with Gasteiger partial charge in [-0.3, -0.25) is 19.4 Å². The zero-order chi connectivity index (χ0) is 30.4. The van der Waals surface area contributed by atoms with Crippen molar-refractivity contribution in [1.29, 1.82) is 0 Å². The lowest BCUT2D eigenvalue weighted by Gasteiger charge is -2.27. The van der Waals surface area contributed by atoms with Crippen LogP contribution in [0.1, 0.15) is 37.8 Å². The molecule has 4 atom stereocenters. The molecule has 0 aliphatic rings. The molecule has 0 bridgehead atoms. The molecule has 12 heteroatoms. The van der Waals surface area contributed by atoms with Gasteiger partial charge >= 0.3 is 5.97 Å². The number of guanidine groups is 1. The molecular formula is C29H41N7O5. The van der Waals surface area contributed by atoms with Crippen molar-refractivity contribution in [3.63, 3.8) is 0 Å². The highest BCUT2D eigenvalue weighted by Crippen LogP contribution is 2.09. The number of carbonyl (C=O) groups is 4. The summed E-state index contributed by atoms with van der Waals surface area (Å²) in [6.45, 7) is 3.82. The molecule has 0 radical (unpaired) electrons. The van der Waals surface area contributed by atoms with Gasteiger partial charge in [-0.25, -0.2) is 4.79 Å². The van der Waals surface area contributed by atoms with Crippen molar-refractivity contribution in [1.82, 2.24) is 16.0 Å². The smallest absolute Gasteiger partial charge is 0.326 e. The third-order valence-electron chi connectivity index (χ3n) is 6.36. The summed E-state index contributed by atoms with van der Waals surface area (Å²) in [6, 6.07) is 13.7. The molecule has 0 spiro atoms. The molecule has 2 aromatic carbocycles. The quantitative estimate of drug-likeness (QED) is 0.0833. The van der Waals surface area contributed by atoms with E-state index in [0.29, 0.717) is 19.4 Å². The predicted octanol–water partition coefficient (Wildman–Crippen LogP) is 0.0477. The molecular weight excluding hydrogens is 526 g/mol. The van der Waals surface area contributed by atoms with Crippen molar-refractivity contribution in [2.45, 2.75) is 63.7 Å². The molecule has 0 saturated heterocycles. The number of benzene rings is 2. The van der Waals surface area contributed by atoms with Crippen molar-refractivity contribution < 1.29 is 24.3 Å². The highest BCUT2D eigenvalue weighted by Gasteiger charge is 2.32. The van der Waals surface area contributed by atoms with E-state index < -0.39 is 47.9 Å². The molecule has 3 amide bonds. The molecule has 0 aliphatic carbocycles. The Bertz CT molecular complexity index is 1170. The number of rotatable bonds is 16. The number of hydrogen-bond donors (Lipinski definition) is 7. The first-order chi connectivity index (χ1) is 19.5. The molecule has 41 heavy (non-hydrogen) atoms. The molecule has 0 heterocycles. The Labute approximate surface area is 240 Å². The zero-order valence-corrected chi connectivity index (χ0v) is 23.5. The fourth-order valence-corrected chi connectivity index (χ4v) is 4.09. The molecule has 4 unspecified atom stereocenters. The van der Waals surface area contributed by atoms with Crippen LogP contribution in [0.25, 0.3) is 0 Å². The van der Waals surface area contributed by atoms with Crippen LogP contribution in [0.2, 0.25) is 0 Å². The summed E-state index contributed by atoms with van der Waals surface area (Å²) < 4.78 is 0.